The predicted octanol–water partition coefficient (Wildman–Crippen LogP) is 3.33. The van der Waals surface area contributed by atoms with E-state index in [-0.39, 0.29) is 24.5 Å². The Labute approximate surface area is 81.7 Å². The summed E-state index contributed by atoms with van der Waals surface area (Å²) in [4.78, 5) is 10.8. The first-order chi connectivity index (χ1) is 6.39. The molecule has 1 nitrogen and oxygen atoms in total. The number of carbonyl (C=O) groups excluding carboxylic acids is 1. The van der Waals surface area contributed by atoms with Crippen LogP contribution in [0.5, 0.6) is 0 Å². The molecule has 0 amide bonds. The molecule has 0 aromatic carbocycles. The Morgan fingerprint density at radius 1 is 1.36 bits per heavy atom. The molecule has 0 heterocycles. The van der Waals surface area contributed by atoms with Gasteiger partial charge in [-0.25, -0.2) is 0 Å². The zero-order valence-electron chi connectivity index (χ0n) is 8.23. The van der Waals surface area contributed by atoms with E-state index in [1.54, 1.807) is 0 Å². The van der Waals surface area contributed by atoms with Gasteiger partial charge in [-0.3, -0.25) is 0 Å². The standard InChI is InChI=1S/C10H15F3O/c1-7(14)5-8-3-2-4-9(6-8)10(11,12)13/h8-9H,2-6H2,1H3. The molecule has 0 bridgehead atoms. The summed E-state index contributed by atoms with van der Waals surface area (Å²) in [7, 11) is 0. The van der Waals surface area contributed by atoms with Crippen molar-refractivity contribution < 1.29 is 18.0 Å². The number of carbonyl (C=O) groups is 1. The number of halogens is 3. The van der Waals surface area contributed by atoms with Gasteiger partial charge in [0.1, 0.15) is 5.78 Å². The van der Waals surface area contributed by atoms with Crippen LogP contribution < -0.4 is 0 Å². The molecule has 0 aromatic rings. The maximum atomic E-state index is 12.4. The highest BCUT2D eigenvalue weighted by molar-refractivity contribution is 5.75. The summed E-state index contributed by atoms with van der Waals surface area (Å²) in [6.45, 7) is 1.44. The highest BCUT2D eigenvalue weighted by Gasteiger charge is 2.42. The van der Waals surface area contributed by atoms with Crippen molar-refractivity contribution in [2.24, 2.45) is 11.8 Å². The average molecular weight is 208 g/mol. The molecule has 1 aliphatic carbocycles. The first kappa shape index (κ1) is 11.5. The minimum atomic E-state index is -4.07. The highest BCUT2D eigenvalue weighted by atomic mass is 19.4. The number of alkyl halides is 3. The van der Waals surface area contributed by atoms with E-state index in [1.807, 2.05) is 0 Å². The quantitative estimate of drug-likeness (QED) is 0.680. The number of hydrogen-bond acceptors (Lipinski definition) is 1. The van der Waals surface area contributed by atoms with Crippen LogP contribution in [0.3, 0.4) is 0 Å². The lowest BCUT2D eigenvalue weighted by molar-refractivity contribution is -0.186. The van der Waals surface area contributed by atoms with Crippen LogP contribution in [-0.2, 0) is 4.79 Å². The third kappa shape index (κ3) is 3.31. The van der Waals surface area contributed by atoms with Gasteiger partial charge in [0, 0.05) is 6.42 Å². The Kier molecular flexibility index (Phi) is 3.56. The summed E-state index contributed by atoms with van der Waals surface area (Å²) in [6.07, 6.45) is -2.02. The van der Waals surface area contributed by atoms with Gasteiger partial charge in [-0.05, 0) is 32.1 Å². The van der Waals surface area contributed by atoms with Crippen molar-refractivity contribution in [2.45, 2.75) is 45.2 Å². The van der Waals surface area contributed by atoms with Crippen molar-refractivity contribution in [3.8, 4) is 0 Å². The predicted molar refractivity (Wildman–Crippen MR) is 46.8 cm³/mol. The highest BCUT2D eigenvalue weighted by Crippen LogP contribution is 2.40. The fourth-order valence-corrected chi connectivity index (χ4v) is 2.18. The van der Waals surface area contributed by atoms with Crippen molar-refractivity contribution in [2.75, 3.05) is 0 Å². The van der Waals surface area contributed by atoms with Crippen molar-refractivity contribution >= 4 is 5.78 Å². The molecule has 2 atom stereocenters. The number of rotatable bonds is 2. The van der Waals surface area contributed by atoms with Crippen LogP contribution in [-0.4, -0.2) is 12.0 Å². The topological polar surface area (TPSA) is 17.1 Å². The molecule has 0 aromatic heterocycles. The molecule has 2 unspecified atom stereocenters. The second kappa shape index (κ2) is 4.32. The van der Waals surface area contributed by atoms with Crippen molar-refractivity contribution in [1.29, 1.82) is 0 Å². The lowest BCUT2D eigenvalue weighted by atomic mass is 9.79. The maximum Gasteiger partial charge on any atom is 0.391 e. The van der Waals surface area contributed by atoms with Gasteiger partial charge in [0.05, 0.1) is 5.92 Å². The Balaban J connectivity index is 2.48. The zero-order valence-corrected chi connectivity index (χ0v) is 8.23. The molecular formula is C10H15F3O. The first-order valence-electron chi connectivity index (χ1n) is 4.95. The van der Waals surface area contributed by atoms with Crippen LogP contribution >= 0.6 is 0 Å². The largest absolute Gasteiger partial charge is 0.391 e. The third-order valence-corrected chi connectivity index (χ3v) is 2.82. The molecule has 0 aliphatic heterocycles. The van der Waals surface area contributed by atoms with E-state index >= 15 is 0 Å². The van der Waals surface area contributed by atoms with Gasteiger partial charge in [0.15, 0.2) is 0 Å². The summed E-state index contributed by atoms with van der Waals surface area (Å²) >= 11 is 0. The molecule has 14 heavy (non-hydrogen) atoms. The number of Topliss-reactive ketones (excluding diaryl/α,β-unsaturated/α-hetero) is 1. The maximum absolute atomic E-state index is 12.4. The number of hydrogen-bond donors (Lipinski definition) is 0. The lowest BCUT2D eigenvalue weighted by Gasteiger charge is -2.29. The van der Waals surface area contributed by atoms with Crippen molar-refractivity contribution in [3.05, 3.63) is 0 Å². The van der Waals surface area contributed by atoms with E-state index in [9.17, 15) is 18.0 Å². The Morgan fingerprint density at radius 2 is 2.00 bits per heavy atom. The van der Waals surface area contributed by atoms with Crippen molar-refractivity contribution in [3.63, 3.8) is 0 Å². The second-order valence-electron chi connectivity index (χ2n) is 4.18. The fraction of sp³-hybridized carbons (Fsp3) is 0.900. The van der Waals surface area contributed by atoms with Gasteiger partial charge in [0.2, 0.25) is 0 Å². The normalized spacial score (nSPS) is 28.9. The molecule has 0 N–H and O–H groups in total. The lowest BCUT2D eigenvalue weighted by Crippen LogP contribution is -2.29. The van der Waals surface area contributed by atoms with Gasteiger partial charge in [-0.2, -0.15) is 13.2 Å². The van der Waals surface area contributed by atoms with E-state index in [4.69, 9.17) is 0 Å². The number of ketones is 1. The average Bonchev–Trinajstić information content (AvgIpc) is 2.01. The smallest absolute Gasteiger partial charge is 0.300 e. The molecule has 0 spiro atoms. The van der Waals surface area contributed by atoms with E-state index in [0.29, 0.717) is 12.8 Å². The van der Waals surface area contributed by atoms with Crippen LogP contribution in [0.4, 0.5) is 13.2 Å². The Bertz CT molecular complexity index is 210. The Hall–Kier alpha value is -0.540. The van der Waals surface area contributed by atoms with Crippen LogP contribution in [0, 0.1) is 11.8 Å². The van der Waals surface area contributed by atoms with Crippen LogP contribution in [0.15, 0.2) is 0 Å². The molecule has 1 rings (SSSR count). The zero-order chi connectivity index (χ0) is 10.8. The molecule has 0 radical (unpaired) electrons. The van der Waals surface area contributed by atoms with Gasteiger partial charge < -0.3 is 4.79 Å². The van der Waals surface area contributed by atoms with Crippen LogP contribution in [0.1, 0.15) is 39.0 Å². The summed E-state index contributed by atoms with van der Waals surface area (Å²) < 4.78 is 37.1. The molecule has 1 aliphatic rings. The molecular weight excluding hydrogens is 193 g/mol. The second-order valence-corrected chi connectivity index (χ2v) is 4.18. The van der Waals surface area contributed by atoms with Crippen LogP contribution in [0.25, 0.3) is 0 Å². The van der Waals surface area contributed by atoms with E-state index in [1.165, 1.54) is 6.92 Å². The van der Waals surface area contributed by atoms with E-state index < -0.39 is 12.1 Å². The Morgan fingerprint density at radius 3 is 2.50 bits per heavy atom. The first-order valence-corrected chi connectivity index (χ1v) is 4.95. The minimum absolute atomic E-state index is 0.00201. The summed E-state index contributed by atoms with van der Waals surface area (Å²) in [5, 5.41) is 0. The van der Waals surface area contributed by atoms with Gasteiger partial charge in [0.25, 0.3) is 0 Å². The molecule has 0 saturated heterocycles. The third-order valence-electron chi connectivity index (χ3n) is 2.82. The van der Waals surface area contributed by atoms with Gasteiger partial charge in [-0.15, -0.1) is 0 Å². The summed E-state index contributed by atoms with van der Waals surface area (Å²) in [5.74, 6) is -1.23. The van der Waals surface area contributed by atoms with Crippen LogP contribution in [0.2, 0.25) is 0 Å². The summed E-state index contributed by atoms with van der Waals surface area (Å²) in [6, 6.07) is 0. The van der Waals surface area contributed by atoms with Gasteiger partial charge in [-0.1, -0.05) is 6.42 Å². The van der Waals surface area contributed by atoms with Crippen molar-refractivity contribution in [1.82, 2.24) is 0 Å². The minimum Gasteiger partial charge on any atom is -0.300 e. The molecule has 1 fully saturated rings. The van der Waals surface area contributed by atoms with E-state index in [2.05, 4.69) is 0 Å². The molecule has 82 valence electrons. The van der Waals surface area contributed by atoms with Gasteiger partial charge >= 0.3 is 6.18 Å². The fourth-order valence-electron chi connectivity index (χ4n) is 2.18. The summed E-state index contributed by atoms with van der Waals surface area (Å²) in [5.41, 5.74) is 0. The molecule has 1 saturated carbocycles. The molecule has 4 heteroatoms. The SMILES string of the molecule is CC(=O)CC1CCCC(C(F)(F)F)C1. The monoisotopic (exact) mass is 208 g/mol. The van der Waals surface area contributed by atoms with E-state index in [0.717, 1.165) is 6.42 Å².